The van der Waals surface area contributed by atoms with Gasteiger partial charge in [0.05, 0.1) is 19.1 Å². The predicted molar refractivity (Wildman–Crippen MR) is 89.3 cm³/mol. The molecule has 0 bridgehead atoms. The summed E-state index contributed by atoms with van der Waals surface area (Å²) in [4.78, 5) is 8.72. The number of anilines is 2. The van der Waals surface area contributed by atoms with E-state index in [0.29, 0.717) is 5.15 Å². The molecule has 22 heavy (non-hydrogen) atoms. The van der Waals surface area contributed by atoms with Gasteiger partial charge in [0, 0.05) is 24.4 Å². The lowest BCUT2D eigenvalue weighted by atomic mass is 10.1. The molecule has 1 aromatic carbocycles. The molecule has 0 aliphatic rings. The van der Waals surface area contributed by atoms with E-state index < -0.39 is 0 Å². The Morgan fingerprint density at radius 1 is 1.27 bits per heavy atom. The Balaban J connectivity index is 2.15. The molecule has 0 spiro atoms. The summed E-state index contributed by atoms with van der Waals surface area (Å²) in [5.41, 5.74) is 5.51. The molecule has 0 fully saturated rings. The lowest BCUT2D eigenvalue weighted by molar-refractivity contribution is 0.412. The van der Waals surface area contributed by atoms with E-state index in [9.17, 15) is 0 Å². The van der Waals surface area contributed by atoms with Gasteiger partial charge in [0.25, 0.3) is 0 Å². The monoisotopic (exact) mass is 316 g/mol. The normalized spacial score (nSPS) is 11.0. The van der Waals surface area contributed by atoms with E-state index in [0.717, 1.165) is 39.4 Å². The lowest BCUT2D eigenvalue weighted by Gasteiger charge is -2.16. The van der Waals surface area contributed by atoms with Crippen molar-refractivity contribution in [3.63, 3.8) is 0 Å². The number of nitrogens with zero attached hydrogens (tertiary/aromatic N) is 3. The Kier molecular flexibility index (Phi) is 3.66. The minimum atomic E-state index is 0.428. The fraction of sp³-hybridized carbons (Fsp3) is 0.250. The summed E-state index contributed by atoms with van der Waals surface area (Å²) < 4.78 is 7.24. The molecule has 0 saturated carbocycles. The fourth-order valence-corrected chi connectivity index (χ4v) is 2.73. The van der Waals surface area contributed by atoms with Crippen molar-refractivity contribution in [1.29, 1.82) is 0 Å². The smallest absolute Gasteiger partial charge is 0.163 e. The Labute approximate surface area is 133 Å². The van der Waals surface area contributed by atoms with E-state index in [-0.39, 0.29) is 0 Å². The van der Waals surface area contributed by atoms with Crippen molar-refractivity contribution in [2.24, 2.45) is 7.05 Å². The second-order valence-corrected chi connectivity index (χ2v) is 5.62. The third-order valence-corrected chi connectivity index (χ3v) is 3.93. The first-order valence-electron chi connectivity index (χ1n) is 6.90. The van der Waals surface area contributed by atoms with E-state index in [2.05, 4.69) is 15.3 Å². The van der Waals surface area contributed by atoms with Crippen LogP contribution in [0.25, 0.3) is 11.2 Å². The van der Waals surface area contributed by atoms with E-state index in [4.69, 9.17) is 16.3 Å². The van der Waals surface area contributed by atoms with Crippen molar-refractivity contribution in [1.82, 2.24) is 14.5 Å². The van der Waals surface area contributed by atoms with E-state index in [1.54, 1.807) is 19.5 Å². The van der Waals surface area contributed by atoms with E-state index in [1.165, 1.54) is 0 Å². The maximum Gasteiger partial charge on any atom is 0.163 e. The molecule has 5 nitrogen and oxygen atoms in total. The van der Waals surface area contributed by atoms with Gasteiger partial charge < -0.3 is 14.6 Å². The van der Waals surface area contributed by atoms with Crippen molar-refractivity contribution in [3.05, 3.63) is 40.8 Å². The molecule has 0 aliphatic heterocycles. The zero-order valence-electron chi connectivity index (χ0n) is 12.9. The van der Waals surface area contributed by atoms with Crippen LogP contribution in [0.3, 0.4) is 0 Å². The van der Waals surface area contributed by atoms with Crippen LogP contribution in [0.5, 0.6) is 5.75 Å². The summed E-state index contributed by atoms with van der Waals surface area (Å²) >= 11 is 6.14. The van der Waals surface area contributed by atoms with Gasteiger partial charge in [-0.3, -0.25) is 0 Å². The van der Waals surface area contributed by atoms with Gasteiger partial charge in [-0.1, -0.05) is 17.7 Å². The van der Waals surface area contributed by atoms with Crippen LogP contribution >= 0.6 is 11.6 Å². The summed E-state index contributed by atoms with van der Waals surface area (Å²) in [6, 6.07) is 5.77. The zero-order valence-corrected chi connectivity index (χ0v) is 13.7. The summed E-state index contributed by atoms with van der Waals surface area (Å²) in [6.45, 7) is 4.07. The van der Waals surface area contributed by atoms with Crippen LogP contribution in [0.15, 0.2) is 24.5 Å². The SMILES string of the molecule is COc1ccc(C)c(Nc2cc(Cl)nc3c2ncn3C)c1C. The van der Waals surface area contributed by atoms with Crippen molar-refractivity contribution in [3.8, 4) is 5.75 Å². The van der Waals surface area contributed by atoms with Gasteiger partial charge in [-0.05, 0) is 25.5 Å². The number of aromatic nitrogens is 3. The summed E-state index contributed by atoms with van der Waals surface area (Å²) in [6.07, 6.45) is 1.73. The average Bonchev–Trinajstić information content (AvgIpc) is 2.85. The number of rotatable bonds is 3. The van der Waals surface area contributed by atoms with Crippen LogP contribution in [0.2, 0.25) is 5.15 Å². The summed E-state index contributed by atoms with van der Waals surface area (Å²) in [7, 11) is 3.56. The van der Waals surface area contributed by atoms with Crippen LogP contribution in [0.4, 0.5) is 11.4 Å². The molecular weight excluding hydrogens is 300 g/mol. The van der Waals surface area contributed by atoms with Gasteiger partial charge in [0.15, 0.2) is 5.65 Å². The molecule has 0 amide bonds. The van der Waals surface area contributed by atoms with Gasteiger partial charge >= 0.3 is 0 Å². The molecule has 0 atom stereocenters. The van der Waals surface area contributed by atoms with Gasteiger partial charge in [-0.25, -0.2) is 9.97 Å². The van der Waals surface area contributed by atoms with Gasteiger partial charge in [0.2, 0.25) is 0 Å². The summed E-state index contributed by atoms with van der Waals surface area (Å²) in [5, 5.41) is 3.86. The summed E-state index contributed by atoms with van der Waals surface area (Å²) in [5.74, 6) is 0.838. The van der Waals surface area contributed by atoms with Gasteiger partial charge in [-0.2, -0.15) is 0 Å². The molecule has 1 N–H and O–H groups in total. The third kappa shape index (κ3) is 2.37. The number of pyridine rings is 1. The van der Waals surface area contributed by atoms with E-state index in [1.807, 2.05) is 37.6 Å². The molecule has 0 unspecified atom stereocenters. The molecule has 114 valence electrons. The minimum Gasteiger partial charge on any atom is -0.496 e. The third-order valence-electron chi connectivity index (χ3n) is 3.74. The van der Waals surface area contributed by atoms with Crippen molar-refractivity contribution >= 4 is 34.1 Å². The van der Waals surface area contributed by atoms with Crippen LogP contribution in [0, 0.1) is 13.8 Å². The van der Waals surface area contributed by atoms with Gasteiger partial charge in [-0.15, -0.1) is 0 Å². The first kappa shape index (κ1) is 14.7. The maximum atomic E-state index is 6.14. The standard InChI is InChI=1S/C16H17ClN4O/c1-9-5-6-12(22-4)10(2)14(9)19-11-7-13(17)20-16-15(11)18-8-21(16)3/h5-8H,1-4H3,(H,19,20). The second kappa shape index (κ2) is 5.50. The van der Waals surface area contributed by atoms with Crippen molar-refractivity contribution < 1.29 is 4.74 Å². The number of hydrogen-bond donors (Lipinski definition) is 1. The van der Waals surface area contributed by atoms with Crippen molar-refractivity contribution in [2.75, 3.05) is 12.4 Å². The number of aryl methyl sites for hydroxylation is 2. The highest BCUT2D eigenvalue weighted by molar-refractivity contribution is 6.30. The number of benzene rings is 1. The number of ether oxygens (including phenoxy) is 1. The number of methoxy groups -OCH3 is 1. The first-order chi connectivity index (χ1) is 10.5. The number of imidazole rings is 1. The molecule has 0 aliphatic carbocycles. The van der Waals surface area contributed by atoms with Gasteiger partial charge in [0.1, 0.15) is 16.4 Å². The Morgan fingerprint density at radius 3 is 2.77 bits per heavy atom. The highest BCUT2D eigenvalue weighted by Gasteiger charge is 2.13. The number of hydrogen-bond acceptors (Lipinski definition) is 4. The number of nitrogens with one attached hydrogen (secondary N) is 1. The highest BCUT2D eigenvalue weighted by atomic mass is 35.5. The van der Waals surface area contributed by atoms with Crippen LogP contribution in [-0.4, -0.2) is 21.6 Å². The molecule has 0 radical (unpaired) electrons. The number of halogens is 1. The topological polar surface area (TPSA) is 52.0 Å². The second-order valence-electron chi connectivity index (χ2n) is 5.23. The van der Waals surface area contributed by atoms with Crippen LogP contribution in [-0.2, 0) is 7.05 Å². The largest absolute Gasteiger partial charge is 0.496 e. The van der Waals surface area contributed by atoms with Crippen LogP contribution in [0.1, 0.15) is 11.1 Å². The molecule has 2 heterocycles. The molecule has 0 saturated heterocycles. The Hall–Kier alpha value is -2.27. The maximum absolute atomic E-state index is 6.14. The molecule has 3 aromatic rings. The molecule has 6 heteroatoms. The fourth-order valence-electron chi connectivity index (χ4n) is 2.54. The molecular formula is C16H17ClN4O. The predicted octanol–water partition coefficient (Wildman–Crippen LogP) is 3.99. The molecule has 2 aromatic heterocycles. The molecule has 3 rings (SSSR count). The Bertz CT molecular complexity index is 857. The highest BCUT2D eigenvalue weighted by Crippen LogP contribution is 2.33. The number of fused-ring (bicyclic) bond motifs is 1. The first-order valence-corrected chi connectivity index (χ1v) is 7.28. The van der Waals surface area contributed by atoms with Crippen molar-refractivity contribution in [2.45, 2.75) is 13.8 Å². The average molecular weight is 317 g/mol. The quantitative estimate of drug-likeness (QED) is 0.742. The zero-order chi connectivity index (χ0) is 15.9. The Morgan fingerprint density at radius 2 is 2.05 bits per heavy atom. The van der Waals surface area contributed by atoms with Crippen LogP contribution < -0.4 is 10.1 Å². The van der Waals surface area contributed by atoms with E-state index >= 15 is 0 Å². The minimum absolute atomic E-state index is 0.428. The lowest BCUT2D eigenvalue weighted by Crippen LogP contribution is -2.00.